The van der Waals surface area contributed by atoms with Crippen molar-refractivity contribution in [2.24, 2.45) is 0 Å². The van der Waals surface area contributed by atoms with Crippen molar-refractivity contribution in [2.45, 2.75) is 18.6 Å². The zero-order chi connectivity index (χ0) is 14.9. The molecule has 0 amide bonds. The SMILES string of the molecule is CNc1cc(C(F)(F)F)cc(N2CCC(N(C)C)C2)n1. The van der Waals surface area contributed by atoms with Crippen LogP contribution in [0.3, 0.4) is 0 Å². The summed E-state index contributed by atoms with van der Waals surface area (Å²) in [5.41, 5.74) is -0.667. The average molecular weight is 288 g/mol. The molecule has 1 fully saturated rings. The summed E-state index contributed by atoms with van der Waals surface area (Å²) in [6.07, 6.45) is -3.43. The lowest BCUT2D eigenvalue weighted by Crippen LogP contribution is -2.31. The third kappa shape index (κ3) is 3.15. The summed E-state index contributed by atoms with van der Waals surface area (Å²) in [6.45, 7) is 1.42. The molecule has 2 rings (SSSR count). The first-order chi connectivity index (χ1) is 9.31. The van der Waals surface area contributed by atoms with Gasteiger partial charge in [-0.05, 0) is 32.6 Å². The Labute approximate surface area is 116 Å². The van der Waals surface area contributed by atoms with Crippen molar-refractivity contribution >= 4 is 11.6 Å². The molecule has 0 aliphatic carbocycles. The largest absolute Gasteiger partial charge is 0.416 e. The predicted molar refractivity (Wildman–Crippen MR) is 73.1 cm³/mol. The lowest BCUT2D eigenvalue weighted by Gasteiger charge is -2.22. The minimum absolute atomic E-state index is 0.239. The van der Waals surface area contributed by atoms with Crippen LogP contribution in [0, 0.1) is 0 Å². The molecule has 0 aromatic carbocycles. The van der Waals surface area contributed by atoms with E-state index >= 15 is 0 Å². The maximum absolute atomic E-state index is 12.9. The number of alkyl halides is 3. The van der Waals surface area contributed by atoms with Gasteiger partial charge >= 0.3 is 6.18 Å². The third-order valence-electron chi connectivity index (χ3n) is 3.61. The average Bonchev–Trinajstić information content (AvgIpc) is 2.87. The van der Waals surface area contributed by atoms with Gasteiger partial charge < -0.3 is 15.1 Å². The van der Waals surface area contributed by atoms with E-state index < -0.39 is 11.7 Å². The molecule has 1 unspecified atom stereocenters. The van der Waals surface area contributed by atoms with Crippen LogP contribution in [0.4, 0.5) is 24.8 Å². The van der Waals surface area contributed by atoms with Crippen molar-refractivity contribution in [3.63, 3.8) is 0 Å². The van der Waals surface area contributed by atoms with Crippen molar-refractivity contribution in [2.75, 3.05) is 44.4 Å². The monoisotopic (exact) mass is 288 g/mol. The molecule has 0 bridgehead atoms. The number of halogens is 3. The first-order valence-corrected chi connectivity index (χ1v) is 6.49. The quantitative estimate of drug-likeness (QED) is 0.924. The Morgan fingerprint density at radius 3 is 2.55 bits per heavy atom. The first kappa shape index (κ1) is 14.9. The molecular formula is C13H19F3N4. The molecule has 1 aromatic heterocycles. The highest BCUT2D eigenvalue weighted by Crippen LogP contribution is 2.33. The van der Waals surface area contributed by atoms with Crippen LogP contribution in [0.5, 0.6) is 0 Å². The smallest absolute Gasteiger partial charge is 0.373 e. The summed E-state index contributed by atoms with van der Waals surface area (Å²) < 4.78 is 38.7. The molecular weight excluding hydrogens is 269 g/mol. The lowest BCUT2D eigenvalue weighted by molar-refractivity contribution is -0.137. The summed E-state index contributed by atoms with van der Waals surface area (Å²) in [5.74, 6) is 0.622. The molecule has 7 heteroatoms. The van der Waals surface area contributed by atoms with Crippen LogP contribution in [0.2, 0.25) is 0 Å². The van der Waals surface area contributed by atoms with Gasteiger partial charge in [0.05, 0.1) is 5.56 Å². The van der Waals surface area contributed by atoms with Gasteiger partial charge in [-0.15, -0.1) is 0 Å². The number of nitrogens with one attached hydrogen (secondary N) is 1. The molecule has 112 valence electrons. The van der Waals surface area contributed by atoms with Gasteiger partial charge in [-0.2, -0.15) is 13.2 Å². The van der Waals surface area contributed by atoms with Gasteiger partial charge in [0.1, 0.15) is 11.6 Å². The van der Waals surface area contributed by atoms with Gasteiger partial charge in [-0.25, -0.2) is 4.98 Å². The normalized spacial score (nSPS) is 19.8. The van der Waals surface area contributed by atoms with Crippen molar-refractivity contribution in [3.05, 3.63) is 17.7 Å². The second kappa shape index (κ2) is 5.47. The Balaban J connectivity index is 2.28. The highest BCUT2D eigenvalue weighted by atomic mass is 19.4. The van der Waals surface area contributed by atoms with Gasteiger partial charge in [0.15, 0.2) is 0 Å². The minimum Gasteiger partial charge on any atom is -0.373 e. The van der Waals surface area contributed by atoms with Gasteiger partial charge in [0.25, 0.3) is 0 Å². The molecule has 4 nitrogen and oxygen atoms in total. The fourth-order valence-electron chi connectivity index (χ4n) is 2.34. The first-order valence-electron chi connectivity index (χ1n) is 6.49. The van der Waals surface area contributed by atoms with E-state index in [4.69, 9.17) is 0 Å². The fourth-order valence-corrected chi connectivity index (χ4v) is 2.34. The Kier molecular flexibility index (Phi) is 4.08. The van der Waals surface area contributed by atoms with Gasteiger partial charge in [0.2, 0.25) is 0 Å². The van der Waals surface area contributed by atoms with Gasteiger partial charge in [-0.3, -0.25) is 0 Å². The number of nitrogens with zero attached hydrogens (tertiary/aromatic N) is 3. The summed E-state index contributed by atoms with van der Waals surface area (Å²) in [6, 6.07) is 2.51. The van der Waals surface area contributed by atoms with Crippen LogP contribution in [0.15, 0.2) is 12.1 Å². The van der Waals surface area contributed by atoms with Crippen molar-refractivity contribution < 1.29 is 13.2 Å². The standard InChI is InChI=1S/C13H19F3N4/c1-17-11-6-9(13(14,15)16)7-12(18-11)20-5-4-10(8-20)19(2)3/h6-7,10H,4-5,8H2,1-3H3,(H,17,18). The number of rotatable bonds is 3. The van der Waals surface area contributed by atoms with Crippen molar-refractivity contribution in [1.82, 2.24) is 9.88 Å². The molecule has 1 aliphatic heterocycles. The minimum atomic E-state index is -4.36. The van der Waals surface area contributed by atoms with E-state index in [1.165, 1.54) is 0 Å². The van der Waals surface area contributed by atoms with Crippen LogP contribution < -0.4 is 10.2 Å². The molecule has 1 N–H and O–H groups in total. The number of hydrogen-bond acceptors (Lipinski definition) is 4. The molecule has 0 spiro atoms. The second-order valence-corrected chi connectivity index (χ2v) is 5.20. The second-order valence-electron chi connectivity index (χ2n) is 5.20. The van der Waals surface area contributed by atoms with E-state index in [1.54, 1.807) is 7.05 Å². The molecule has 0 radical (unpaired) electrons. The van der Waals surface area contributed by atoms with E-state index in [0.29, 0.717) is 18.4 Å². The van der Waals surface area contributed by atoms with Crippen LogP contribution >= 0.6 is 0 Å². The Morgan fingerprint density at radius 2 is 2.05 bits per heavy atom. The summed E-state index contributed by atoms with van der Waals surface area (Å²) in [7, 11) is 5.53. The van der Waals surface area contributed by atoms with Crippen LogP contribution in [0.1, 0.15) is 12.0 Å². The van der Waals surface area contributed by atoms with Crippen LogP contribution in [-0.2, 0) is 6.18 Å². The fraction of sp³-hybridized carbons (Fsp3) is 0.615. The molecule has 0 saturated carbocycles. The van der Waals surface area contributed by atoms with Gasteiger partial charge in [-0.1, -0.05) is 0 Å². The van der Waals surface area contributed by atoms with Gasteiger partial charge in [0, 0.05) is 26.2 Å². The Morgan fingerprint density at radius 1 is 1.35 bits per heavy atom. The maximum Gasteiger partial charge on any atom is 0.416 e. The molecule has 1 aliphatic rings. The van der Waals surface area contributed by atoms with E-state index in [-0.39, 0.29) is 5.82 Å². The Hall–Kier alpha value is -1.50. The summed E-state index contributed by atoms with van der Waals surface area (Å²) in [4.78, 5) is 8.23. The van der Waals surface area contributed by atoms with E-state index in [0.717, 1.165) is 25.1 Å². The lowest BCUT2D eigenvalue weighted by atomic mass is 10.2. The maximum atomic E-state index is 12.9. The zero-order valence-electron chi connectivity index (χ0n) is 11.8. The highest BCUT2D eigenvalue weighted by molar-refractivity contribution is 5.51. The topological polar surface area (TPSA) is 31.4 Å². The van der Waals surface area contributed by atoms with E-state index in [2.05, 4.69) is 15.2 Å². The number of anilines is 2. The number of aromatic nitrogens is 1. The molecule has 1 atom stereocenters. The van der Waals surface area contributed by atoms with Crippen LogP contribution in [0.25, 0.3) is 0 Å². The number of likely N-dealkylation sites (N-methyl/N-ethyl adjacent to an activating group) is 1. The molecule has 20 heavy (non-hydrogen) atoms. The number of pyridine rings is 1. The van der Waals surface area contributed by atoms with E-state index in [1.807, 2.05) is 19.0 Å². The van der Waals surface area contributed by atoms with Crippen molar-refractivity contribution in [1.29, 1.82) is 0 Å². The van der Waals surface area contributed by atoms with Crippen molar-refractivity contribution in [3.8, 4) is 0 Å². The summed E-state index contributed by atoms with van der Waals surface area (Å²) in [5, 5.41) is 2.69. The summed E-state index contributed by atoms with van der Waals surface area (Å²) >= 11 is 0. The van der Waals surface area contributed by atoms with E-state index in [9.17, 15) is 13.2 Å². The third-order valence-corrected chi connectivity index (χ3v) is 3.61. The molecule has 2 heterocycles. The number of hydrogen-bond donors (Lipinski definition) is 1. The Bertz CT molecular complexity index is 473. The zero-order valence-corrected chi connectivity index (χ0v) is 11.8. The molecule has 1 aromatic rings. The highest BCUT2D eigenvalue weighted by Gasteiger charge is 2.33. The van der Waals surface area contributed by atoms with Crippen LogP contribution in [-0.4, -0.2) is 50.2 Å². The predicted octanol–water partition coefficient (Wildman–Crippen LogP) is 2.28. The molecule has 1 saturated heterocycles.